The molecule has 0 aromatic heterocycles. The molecule has 0 aliphatic rings. The summed E-state index contributed by atoms with van der Waals surface area (Å²) >= 11 is 0. The molecular formula is C16H16O4. The molecule has 2 aromatic carbocycles. The molecule has 0 fully saturated rings. The molecule has 0 heterocycles. The second kappa shape index (κ2) is 6.61. The van der Waals surface area contributed by atoms with E-state index in [1.807, 2.05) is 24.3 Å². The van der Waals surface area contributed by atoms with Crippen molar-refractivity contribution < 1.29 is 19.4 Å². The molecule has 0 radical (unpaired) electrons. The number of carboxylic acid groups (broad SMARTS) is 1. The van der Waals surface area contributed by atoms with Crippen molar-refractivity contribution in [2.45, 2.75) is 13.3 Å². The Balaban J connectivity index is 2.00. The van der Waals surface area contributed by atoms with Gasteiger partial charge in [0.25, 0.3) is 0 Å². The first-order valence-electron chi connectivity index (χ1n) is 6.43. The van der Waals surface area contributed by atoms with Crippen LogP contribution in [0.1, 0.15) is 23.7 Å². The van der Waals surface area contributed by atoms with Crippen LogP contribution in [0.4, 0.5) is 0 Å². The maximum Gasteiger partial charge on any atom is 0.335 e. The minimum atomic E-state index is -0.950. The zero-order chi connectivity index (χ0) is 14.4. The van der Waals surface area contributed by atoms with Gasteiger partial charge in [-0.1, -0.05) is 6.92 Å². The molecule has 20 heavy (non-hydrogen) atoms. The number of aromatic carboxylic acids is 1. The lowest BCUT2D eigenvalue weighted by Crippen LogP contribution is -1.95. The Labute approximate surface area is 117 Å². The monoisotopic (exact) mass is 272 g/mol. The van der Waals surface area contributed by atoms with E-state index in [4.69, 9.17) is 14.6 Å². The fourth-order valence-electron chi connectivity index (χ4n) is 1.63. The number of benzene rings is 2. The van der Waals surface area contributed by atoms with Crippen molar-refractivity contribution in [3.63, 3.8) is 0 Å². The molecule has 4 nitrogen and oxygen atoms in total. The quantitative estimate of drug-likeness (QED) is 0.864. The average molecular weight is 272 g/mol. The van der Waals surface area contributed by atoms with E-state index >= 15 is 0 Å². The van der Waals surface area contributed by atoms with Crippen LogP contribution in [-0.4, -0.2) is 17.7 Å². The normalized spacial score (nSPS) is 10.1. The molecule has 1 N–H and O–H groups in total. The van der Waals surface area contributed by atoms with Crippen molar-refractivity contribution >= 4 is 5.97 Å². The van der Waals surface area contributed by atoms with E-state index < -0.39 is 5.97 Å². The average Bonchev–Trinajstić information content (AvgIpc) is 2.47. The van der Waals surface area contributed by atoms with Crippen molar-refractivity contribution in [2.75, 3.05) is 6.61 Å². The highest BCUT2D eigenvalue weighted by Gasteiger charge is 2.03. The molecule has 0 saturated carbocycles. The molecule has 0 saturated heterocycles. The number of carbonyl (C=O) groups is 1. The van der Waals surface area contributed by atoms with E-state index in [1.54, 1.807) is 12.1 Å². The van der Waals surface area contributed by atoms with Crippen molar-refractivity contribution in [1.29, 1.82) is 0 Å². The Morgan fingerprint density at radius 2 is 1.45 bits per heavy atom. The first-order chi connectivity index (χ1) is 9.69. The van der Waals surface area contributed by atoms with Crippen molar-refractivity contribution in [3.05, 3.63) is 54.1 Å². The van der Waals surface area contributed by atoms with Crippen molar-refractivity contribution in [2.24, 2.45) is 0 Å². The van der Waals surface area contributed by atoms with E-state index in [0.717, 1.165) is 12.2 Å². The number of rotatable bonds is 6. The largest absolute Gasteiger partial charge is 0.494 e. The summed E-state index contributed by atoms with van der Waals surface area (Å²) in [6.45, 7) is 2.75. The number of carboxylic acids is 1. The van der Waals surface area contributed by atoms with Crippen LogP contribution >= 0.6 is 0 Å². The predicted octanol–water partition coefficient (Wildman–Crippen LogP) is 3.97. The van der Waals surface area contributed by atoms with Crippen LogP contribution < -0.4 is 9.47 Å². The second-order valence-electron chi connectivity index (χ2n) is 4.25. The Bertz CT molecular complexity index is 558. The summed E-state index contributed by atoms with van der Waals surface area (Å²) in [5, 5.41) is 8.81. The maximum absolute atomic E-state index is 10.7. The molecule has 0 aliphatic heterocycles. The summed E-state index contributed by atoms with van der Waals surface area (Å²) in [5.74, 6) is 1.13. The van der Waals surface area contributed by atoms with Crippen LogP contribution in [0.3, 0.4) is 0 Å². The van der Waals surface area contributed by atoms with Gasteiger partial charge < -0.3 is 14.6 Å². The molecule has 0 amide bonds. The molecule has 0 aliphatic carbocycles. The zero-order valence-corrected chi connectivity index (χ0v) is 11.2. The SMILES string of the molecule is CCCOc1ccc(Oc2ccc(C(=O)O)cc2)cc1. The fraction of sp³-hybridized carbons (Fsp3) is 0.188. The number of hydrogen-bond acceptors (Lipinski definition) is 3. The highest BCUT2D eigenvalue weighted by Crippen LogP contribution is 2.24. The standard InChI is InChI=1S/C16H16O4/c1-2-11-19-13-7-9-15(10-8-13)20-14-5-3-12(4-6-14)16(17)18/h3-10H,2,11H2,1H3,(H,17,18). The van der Waals surface area contributed by atoms with Crippen LogP contribution in [0.15, 0.2) is 48.5 Å². The van der Waals surface area contributed by atoms with E-state index in [9.17, 15) is 4.79 Å². The summed E-state index contributed by atoms with van der Waals surface area (Å²) in [4.78, 5) is 10.7. The lowest BCUT2D eigenvalue weighted by molar-refractivity contribution is 0.0697. The third kappa shape index (κ3) is 3.75. The predicted molar refractivity (Wildman–Crippen MR) is 75.7 cm³/mol. The van der Waals surface area contributed by atoms with Crippen LogP contribution in [0, 0.1) is 0 Å². The van der Waals surface area contributed by atoms with Gasteiger partial charge in [-0.05, 0) is 55.0 Å². The van der Waals surface area contributed by atoms with Crippen molar-refractivity contribution in [1.82, 2.24) is 0 Å². The third-order valence-corrected chi connectivity index (χ3v) is 2.63. The zero-order valence-electron chi connectivity index (χ0n) is 11.2. The molecule has 104 valence electrons. The smallest absolute Gasteiger partial charge is 0.335 e. The lowest BCUT2D eigenvalue weighted by atomic mass is 10.2. The van der Waals surface area contributed by atoms with E-state index in [2.05, 4.69) is 6.92 Å². The molecule has 2 rings (SSSR count). The van der Waals surface area contributed by atoms with E-state index in [0.29, 0.717) is 18.1 Å². The first kappa shape index (κ1) is 13.9. The minimum Gasteiger partial charge on any atom is -0.494 e. The molecule has 0 bridgehead atoms. The van der Waals surface area contributed by atoms with Crippen LogP contribution in [0.25, 0.3) is 0 Å². The van der Waals surface area contributed by atoms with E-state index in [1.165, 1.54) is 12.1 Å². The van der Waals surface area contributed by atoms with Crippen LogP contribution in [-0.2, 0) is 0 Å². The van der Waals surface area contributed by atoms with Crippen LogP contribution in [0.2, 0.25) is 0 Å². The molecule has 0 spiro atoms. The van der Waals surface area contributed by atoms with E-state index in [-0.39, 0.29) is 5.56 Å². The van der Waals surface area contributed by atoms with Gasteiger partial charge in [-0.15, -0.1) is 0 Å². The van der Waals surface area contributed by atoms with Gasteiger partial charge >= 0.3 is 5.97 Å². The minimum absolute atomic E-state index is 0.237. The molecule has 0 unspecified atom stereocenters. The van der Waals surface area contributed by atoms with Crippen molar-refractivity contribution in [3.8, 4) is 17.2 Å². The Kier molecular flexibility index (Phi) is 4.60. The van der Waals surface area contributed by atoms with Gasteiger partial charge in [-0.25, -0.2) is 4.79 Å². The maximum atomic E-state index is 10.7. The topological polar surface area (TPSA) is 55.8 Å². The van der Waals surface area contributed by atoms with Gasteiger partial charge in [-0.2, -0.15) is 0 Å². The van der Waals surface area contributed by atoms with Gasteiger partial charge in [0.05, 0.1) is 12.2 Å². The summed E-state index contributed by atoms with van der Waals surface area (Å²) in [7, 11) is 0. The second-order valence-corrected chi connectivity index (χ2v) is 4.25. The number of ether oxygens (including phenoxy) is 2. The van der Waals surface area contributed by atoms with Gasteiger partial charge in [0, 0.05) is 0 Å². The third-order valence-electron chi connectivity index (χ3n) is 2.63. The Morgan fingerprint density at radius 3 is 1.95 bits per heavy atom. The molecule has 4 heteroatoms. The summed E-state index contributed by atoms with van der Waals surface area (Å²) in [5.41, 5.74) is 0.237. The first-order valence-corrected chi connectivity index (χ1v) is 6.43. The highest BCUT2D eigenvalue weighted by atomic mass is 16.5. The highest BCUT2D eigenvalue weighted by molar-refractivity contribution is 5.87. The lowest BCUT2D eigenvalue weighted by Gasteiger charge is -2.08. The fourth-order valence-corrected chi connectivity index (χ4v) is 1.63. The van der Waals surface area contributed by atoms with Gasteiger partial charge in [0.1, 0.15) is 17.2 Å². The summed E-state index contributed by atoms with van der Waals surface area (Å²) in [6.07, 6.45) is 0.966. The summed E-state index contributed by atoms with van der Waals surface area (Å²) < 4.78 is 11.1. The Hall–Kier alpha value is -2.49. The molecule has 0 atom stereocenters. The van der Waals surface area contributed by atoms with Gasteiger partial charge in [-0.3, -0.25) is 0 Å². The molecular weight excluding hydrogens is 256 g/mol. The summed E-state index contributed by atoms with van der Waals surface area (Å²) in [6, 6.07) is 13.6. The Morgan fingerprint density at radius 1 is 0.950 bits per heavy atom. The van der Waals surface area contributed by atoms with Crippen LogP contribution in [0.5, 0.6) is 17.2 Å². The van der Waals surface area contributed by atoms with Gasteiger partial charge in [0.2, 0.25) is 0 Å². The number of hydrogen-bond donors (Lipinski definition) is 1. The van der Waals surface area contributed by atoms with Gasteiger partial charge in [0.15, 0.2) is 0 Å². The molecule has 2 aromatic rings.